The maximum absolute atomic E-state index is 12.5. The van der Waals surface area contributed by atoms with Gasteiger partial charge < -0.3 is 5.11 Å². The molecule has 2 rings (SSSR count). The third-order valence-electron chi connectivity index (χ3n) is 3.30. The highest BCUT2D eigenvalue weighted by atomic mass is 32.2. The van der Waals surface area contributed by atoms with Gasteiger partial charge in [-0.25, -0.2) is 8.42 Å². The number of nitrogens with zero attached hydrogens (tertiary/aromatic N) is 1. The first-order chi connectivity index (χ1) is 9.40. The smallest absolute Gasteiger partial charge is 0.218 e. The highest BCUT2D eigenvalue weighted by Crippen LogP contribution is 2.27. The zero-order valence-electron chi connectivity index (χ0n) is 11.8. The van der Waals surface area contributed by atoms with Crippen LogP contribution in [0.5, 0.6) is 0 Å². The molecule has 1 fully saturated rings. The van der Waals surface area contributed by atoms with Crippen LogP contribution in [-0.2, 0) is 22.4 Å². The molecule has 112 valence electrons. The molecular weight excluding hydrogens is 294 g/mol. The van der Waals surface area contributed by atoms with Crippen LogP contribution in [0.15, 0.2) is 24.3 Å². The van der Waals surface area contributed by atoms with Gasteiger partial charge in [-0.1, -0.05) is 38.1 Å². The molecule has 0 spiro atoms. The van der Waals surface area contributed by atoms with E-state index in [9.17, 15) is 8.42 Å². The Bertz CT molecular complexity index is 549. The van der Waals surface area contributed by atoms with Crippen molar-refractivity contribution in [3.8, 4) is 0 Å². The minimum atomic E-state index is -3.29. The summed E-state index contributed by atoms with van der Waals surface area (Å²) in [5.74, 6) is 0.00491. The molecule has 0 aromatic heterocycles. The Hall–Kier alpha value is -0.560. The highest BCUT2D eigenvalue weighted by Gasteiger charge is 2.30. The lowest BCUT2D eigenvalue weighted by molar-refractivity contribution is 0.281. The van der Waals surface area contributed by atoms with Gasteiger partial charge >= 0.3 is 0 Å². The van der Waals surface area contributed by atoms with E-state index < -0.39 is 10.0 Å². The van der Waals surface area contributed by atoms with Crippen molar-refractivity contribution in [2.45, 2.75) is 36.7 Å². The quantitative estimate of drug-likeness (QED) is 0.921. The van der Waals surface area contributed by atoms with E-state index in [1.54, 1.807) is 28.6 Å². The lowest BCUT2D eigenvalue weighted by Crippen LogP contribution is -2.44. The van der Waals surface area contributed by atoms with E-state index in [2.05, 4.69) is 13.8 Å². The van der Waals surface area contributed by atoms with E-state index in [-0.39, 0.29) is 12.4 Å². The molecule has 1 N–H and O–H groups in total. The monoisotopic (exact) mass is 315 g/mol. The van der Waals surface area contributed by atoms with Gasteiger partial charge in [-0.15, -0.1) is 0 Å². The lowest BCUT2D eigenvalue weighted by atomic mass is 10.1. The van der Waals surface area contributed by atoms with Crippen molar-refractivity contribution in [3.05, 3.63) is 35.4 Å². The van der Waals surface area contributed by atoms with Crippen molar-refractivity contribution < 1.29 is 13.5 Å². The molecule has 1 aromatic carbocycles. The minimum Gasteiger partial charge on any atom is -0.392 e. The molecule has 2 unspecified atom stereocenters. The van der Waals surface area contributed by atoms with Crippen molar-refractivity contribution in [1.82, 2.24) is 4.31 Å². The summed E-state index contributed by atoms with van der Waals surface area (Å²) < 4.78 is 26.6. The molecule has 0 radical (unpaired) electrons. The first-order valence-corrected chi connectivity index (χ1v) is 9.28. The van der Waals surface area contributed by atoms with Crippen LogP contribution in [0.1, 0.15) is 25.0 Å². The van der Waals surface area contributed by atoms with Crippen LogP contribution in [0.25, 0.3) is 0 Å². The number of hydrogen-bond acceptors (Lipinski definition) is 4. The first-order valence-electron chi connectivity index (χ1n) is 6.72. The van der Waals surface area contributed by atoms with Gasteiger partial charge in [0.25, 0.3) is 0 Å². The molecule has 0 aliphatic carbocycles. The van der Waals surface area contributed by atoms with Gasteiger partial charge in [0.05, 0.1) is 12.4 Å². The van der Waals surface area contributed by atoms with Crippen molar-refractivity contribution in [2.24, 2.45) is 0 Å². The Morgan fingerprint density at radius 1 is 1.25 bits per heavy atom. The topological polar surface area (TPSA) is 57.6 Å². The Balaban J connectivity index is 2.14. The molecule has 0 bridgehead atoms. The average Bonchev–Trinajstić information content (AvgIpc) is 2.37. The Morgan fingerprint density at radius 2 is 1.85 bits per heavy atom. The lowest BCUT2D eigenvalue weighted by Gasteiger charge is -2.33. The molecule has 6 heteroatoms. The summed E-state index contributed by atoms with van der Waals surface area (Å²) >= 11 is 1.83. The predicted octanol–water partition coefficient (Wildman–Crippen LogP) is 1.83. The Labute approximate surface area is 125 Å². The van der Waals surface area contributed by atoms with Gasteiger partial charge in [-0.3, -0.25) is 0 Å². The zero-order valence-corrected chi connectivity index (χ0v) is 13.5. The van der Waals surface area contributed by atoms with Gasteiger partial charge in [0.1, 0.15) is 0 Å². The summed E-state index contributed by atoms with van der Waals surface area (Å²) in [4.78, 5) is 0. The number of aliphatic hydroxyl groups excluding tert-OH is 1. The van der Waals surface area contributed by atoms with Gasteiger partial charge in [0, 0.05) is 23.6 Å². The number of sulfonamides is 1. The number of benzene rings is 1. The van der Waals surface area contributed by atoms with Gasteiger partial charge in [0.2, 0.25) is 10.0 Å². The van der Waals surface area contributed by atoms with Crippen molar-refractivity contribution in [2.75, 3.05) is 13.1 Å². The maximum atomic E-state index is 12.5. The van der Waals surface area contributed by atoms with Crippen molar-refractivity contribution in [1.29, 1.82) is 0 Å². The van der Waals surface area contributed by atoms with Gasteiger partial charge in [-0.2, -0.15) is 16.1 Å². The van der Waals surface area contributed by atoms with Crippen molar-refractivity contribution >= 4 is 21.8 Å². The van der Waals surface area contributed by atoms with E-state index in [0.29, 0.717) is 23.6 Å². The zero-order chi connectivity index (χ0) is 14.8. The second-order valence-electron chi connectivity index (χ2n) is 5.31. The van der Waals surface area contributed by atoms with Crippen LogP contribution >= 0.6 is 11.8 Å². The van der Waals surface area contributed by atoms with E-state index in [1.807, 2.05) is 11.8 Å². The number of hydrogen-bond donors (Lipinski definition) is 1. The maximum Gasteiger partial charge on any atom is 0.218 e. The van der Waals surface area contributed by atoms with Gasteiger partial charge in [-0.05, 0) is 11.1 Å². The summed E-state index contributed by atoms with van der Waals surface area (Å²) in [6, 6.07) is 7.12. The highest BCUT2D eigenvalue weighted by molar-refractivity contribution is 8.00. The summed E-state index contributed by atoms with van der Waals surface area (Å²) in [7, 11) is -3.29. The molecule has 1 aliphatic heterocycles. The molecule has 0 saturated carbocycles. The van der Waals surface area contributed by atoms with Crippen LogP contribution in [0.3, 0.4) is 0 Å². The molecular formula is C14H21NO3S2. The second kappa shape index (κ2) is 6.47. The van der Waals surface area contributed by atoms with Crippen LogP contribution < -0.4 is 0 Å². The van der Waals surface area contributed by atoms with E-state index in [4.69, 9.17) is 5.11 Å². The SMILES string of the molecule is CC1CN(S(=O)(=O)Cc2cccc(CO)c2)CC(C)S1. The standard InChI is InChI=1S/C14H21NO3S2/c1-11-7-15(8-12(2)19-11)20(17,18)10-14-5-3-4-13(6-14)9-16/h3-6,11-12,16H,7-10H2,1-2H3. The van der Waals surface area contributed by atoms with Crippen LogP contribution in [0.2, 0.25) is 0 Å². The molecule has 1 aromatic rings. The van der Waals surface area contributed by atoms with E-state index in [0.717, 1.165) is 11.1 Å². The molecule has 20 heavy (non-hydrogen) atoms. The minimum absolute atomic E-state index is 0.00491. The third kappa shape index (κ3) is 3.97. The Kier molecular flexibility index (Phi) is 5.12. The van der Waals surface area contributed by atoms with E-state index >= 15 is 0 Å². The van der Waals surface area contributed by atoms with Crippen molar-refractivity contribution in [3.63, 3.8) is 0 Å². The fourth-order valence-corrected chi connectivity index (χ4v) is 5.68. The van der Waals surface area contributed by atoms with Gasteiger partial charge in [0.15, 0.2) is 0 Å². The second-order valence-corrected chi connectivity index (χ2v) is 9.16. The normalized spacial score (nSPS) is 24.8. The fraction of sp³-hybridized carbons (Fsp3) is 0.571. The van der Waals surface area contributed by atoms with Crippen LogP contribution in [-0.4, -0.2) is 41.4 Å². The molecule has 4 nitrogen and oxygen atoms in total. The predicted molar refractivity (Wildman–Crippen MR) is 83.1 cm³/mol. The molecule has 1 aliphatic rings. The summed E-state index contributed by atoms with van der Waals surface area (Å²) in [5, 5.41) is 9.78. The summed E-state index contributed by atoms with van der Waals surface area (Å²) in [6.45, 7) is 5.22. The molecule has 2 atom stereocenters. The molecule has 1 heterocycles. The summed E-state index contributed by atoms with van der Waals surface area (Å²) in [5.41, 5.74) is 1.48. The first kappa shape index (κ1) is 15.8. The van der Waals surface area contributed by atoms with Crippen LogP contribution in [0, 0.1) is 0 Å². The number of rotatable bonds is 4. The molecule has 0 amide bonds. The molecule has 1 saturated heterocycles. The summed E-state index contributed by atoms with van der Waals surface area (Å²) in [6.07, 6.45) is 0. The number of thioether (sulfide) groups is 1. The number of aliphatic hydroxyl groups is 1. The third-order valence-corrected chi connectivity index (χ3v) is 6.31. The van der Waals surface area contributed by atoms with Crippen LogP contribution in [0.4, 0.5) is 0 Å². The Morgan fingerprint density at radius 3 is 2.45 bits per heavy atom. The van der Waals surface area contributed by atoms with E-state index in [1.165, 1.54) is 0 Å². The largest absolute Gasteiger partial charge is 0.392 e. The average molecular weight is 315 g/mol. The fourth-order valence-electron chi connectivity index (χ4n) is 2.48.